The summed E-state index contributed by atoms with van der Waals surface area (Å²) in [6.07, 6.45) is 0. The monoisotopic (exact) mass is 232 g/mol. The number of anilines is 1. The van der Waals surface area contributed by atoms with Gasteiger partial charge in [0.15, 0.2) is 5.69 Å². The fourth-order valence-electron chi connectivity index (χ4n) is 1.40. The van der Waals surface area contributed by atoms with E-state index in [-0.39, 0.29) is 17.4 Å². The van der Waals surface area contributed by atoms with Crippen LogP contribution in [-0.2, 0) is 0 Å². The lowest BCUT2D eigenvalue weighted by Crippen LogP contribution is -2.12. The van der Waals surface area contributed by atoms with Crippen molar-refractivity contribution in [2.75, 3.05) is 5.32 Å². The quantitative estimate of drug-likeness (QED) is 0.778. The van der Waals surface area contributed by atoms with E-state index in [1.54, 1.807) is 32.0 Å². The number of phenols is 1. The van der Waals surface area contributed by atoms with E-state index >= 15 is 0 Å². The molecule has 0 bridgehead atoms. The van der Waals surface area contributed by atoms with Gasteiger partial charge in [0.25, 0.3) is 5.91 Å². The number of aromatic nitrogens is 1. The maximum absolute atomic E-state index is 11.7. The Balaban J connectivity index is 2.15. The Labute approximate surface area is 98.1 Å². The summed E-state index contributed by atoms with van der Waals surface area (Å²) in [7, 11) is 0. The number of amides is 1. The molecule has 0 saturated heterocycles. The predicted molar refractivity (Wildman–Crippen MR) is 62.0 cm³/mol. The molecule has 5 nitrogen and oxygen atoms in total. The number of phenolic OH excluding ortho intramolecular Hbond substituents is 1. The number of benzene rings is 1. The highest BCUT2D eigenvalue weighted by molar-refractivity contribution is 6.02. The first-order valence-corrected chi connectivity index (χ1v) is 5.10. The number of carbonyl (C=O) groups excluding carboxylic acids is 1. The van der Waals surface area contributed by atoms with Crippen molar-refractivity contribution in [2.45, 2.75) is 13.8 Å². The lowest BCUT2D eigenvalue weighted by atomic mass is 10.2. The van der Waals surface area contributed by atoms with Crippen LogP contribution in [0, 0.1) is 13.8 Å². The van der Waals surface area contributed by atoms with Gasteiger partial charge in [-0.1, -0.05) is 5.16 Å². The van der Waals surface area contributed by atoms with E-state index in [1.807, 2.05) is 0 Å². The predicted octanol–water partition coefficient (Wildman–Crippen LogP) is 2.25. The van der Waals surface area contributed by atoms with Gasteiger partial charge in [0.1, 0.15) is 11.5 Å². The van der Waals surface area contributed by atoms with Crippen LogP contribution < -0.4 is 5.32 Å². The van der Waals surface area contributed by atoms with Crippen molar-refractivity contribution in [3.05, 3.63) is 41.3 Å². The topological polar surface area (TPSA) is 75.4 Å². The van der Waals surface area contributed by atoms with Crippen LogP contribution in [0.2, 0.25) is 0 Å². The van der Waals surface area contributed by atoms with Gasteiger partial charge in [-0.2, -0.15) is 0 Å². The van der Waals surface area contributed by atoms with Gasteiger partial charge in [0, 0.05) is 11.8 Å². The molecule has 1 amide bonds. The molecular weight excluding hydrogens is 220 g/mol. The smallest absolute Gasteiger partial charge is 0.277 e. The molecule has 0 atom stereocenters. The molecule has 1 heterocycles. The summed E-state index contributed by atoms with van der Waals surface area (Å²) >= 11 is 0. The molecule has 0 aliphatic carbocycles. The fraction of sp³-hybridized carbons (Fsp3) is 0.167. The van der Waals surface area contributed by atoms with E-state index in [0.717, 1.165) is 0 Å². The highest BCUT2D eigenvalue weighted by atomic mass is 16.5. The molecular formula is C12H12N2O3. The molecule has 2 rings (SSSR count). The Morgan fingerprint density at radius 3 is 2.71 bits per heavy atom. The number of nitrogens with zero attached hydrogens (tertiary/aromatic N) is 1. The Bertz CT molecular complexity index is 561. The SMILES string of the molecule is Cc1cc(C(=O)Nc2ccc(O)c(C)c2)no1. The average Bonchev–Trinajstić information content (AvgIpc) is 2.70. The van der Waals surface area contributed by atoms with Crippen molar-refractivity contribution < 1.29 is 14.4 Å². The van der Waals surface area contributed by atoms with Crippen molar-refractivity contribution >= 4 is 11.6 Å². The summed E-state index contributed by atoms with van der Waals surface area (Å²) in [6, 6.07) is 6.38. The number of aryl methyl sites for hydroxylation is 2. The summed E-state index contributed by atoms with van der Waals surface area (Å²) in [5, 5.41) is 15.6. The van der Waals surface area contributed by atoms with Crippen molar-refractivity contribution in [3.63, 3.8) is 0 Å². The summed E-state index contributed by atoms with van der Waals surface area (Å²) in [6.45, 7) is 3.47. The van der Waals surface area contributed by atoms with Gasteiger partial charge >= 0.3 is 0 Å². The van der Waals surface area contributed by atoms with Crippen LogP contribution in [0.15, 0.2) is 28.8 Å². The number of rotatable bonds is 2. The van der Waals surface area contributed by atoms with Gasteiger partial charge in [0.2, 0.25) is 0 Å². The lowest BCUT2D eigenvalue weighted by Gasteiger charge is -2.04. The van der Waals surface area contributed by atoms with Crippen molar-refractivity contribution in [1.29, 1.82) is 0 Å². The fourth-order valence-corrected chi connectivity index (χ4v) is 1.40. The number of nitrogens with one attached hydrogen (secondary N) is 1. The Kier molecular flexibility index (Phi) is 2.82. The third-order valence-electron chi connectivity index (χ3n) is 2.32. The van der Waals surface area contributed by atoms with Gasteiger partial charge in [-0.15, -0.1) is 0 Å². The standard InChI is InChI=1S/C12H12N2O3/c1-7-5-9(3-4-11(7)15)13-12(16)10-6-8(2)17-14-10/h3-6,15H,1-2H3,(H,13,16). The van der Waals surface area contributed by atoms with E-state index in [4.69, 9.17) is 4.52 Å². The highest BCUT2D eigenvalue weighted by Crippen LogP contribution is 2.20. The lowest BCUT2D eigenvalue weighted by molar-refractivity contribution is 0.101. The maximum atomic E-state index is 11.7. The molecule has 0 unspecified atom stereocenters. The van der Waals surface area contributed by atoms with Crippen LogP contribution in [0.3, 0.4) is 0 Å². The Morgan fingerprint density at radius 2 is 2.12 bits per heavy atom. The molecule has 5 heteroatoms. The first-order valence-electron chi connectivity index (χ1n) is 5.10. The molecule has 0 saturated carbocycles. The third-order valence-corrected chi connectivity index (χ3v) is 2.32. The molecule has 0 spiro atoms. The van der Waals surface area contributed by atoms with E-state index in [9.17, 15) is 9.90 Å². The van der Waals surface area contributed by atoms with Gasteiger partial charge in [-0.25, -0.2) is 0 Å². The Morgan fingerprint density at radius 1 is 1.35 bits per heavy atom. The molecule has 0 aliphatic rings. The van der Waals surface area contributed by atoms with Crippen LogP contribution in [0.5, 0.6) is 5.75 Å². The van der Waals surface area contributed by atoms with Gasteiger partial charge in [0.05, 0.1) is 0 Å². The maximum Gasteiger partial charge on any atom is 0.277 e. The third kappa shape index (κ3) is 2.44. The van der Waals surface area contributed by atoms with Gasteiger partial charge in [-0.3, -0.25) is 4.79 Å². The Hall–Kier alpha value is -2.30. The second kappa shape index (κ2) is 4.29. The highest BCUT2D eigenvalue weighted by Gasteiger charge is 2.11. The second-order valence-electron chi connectivity index (χ2n) is 3.78. The van der Waals surface area contributed by atoms with E-state index < -0.39 is 0 Å². The number of hydrogen-bond donors (Lipinski definition) is 2. The van der Waals surface area contributed by atoms with Crippen molar-refractivity contribution in [2.24, 2.45) is 0 Å². The molecule has 88 valence electrons. The first-order chi connectivity index (χ1) is 8.06. The zero-order valence-electron chi connectivity index (χ0n) is 9.52. The van der Waals surface area contributed by atoms with Crippen LogP contribution in [0.4, 0.5) is 5.69 Å². The number of carbonyl (C=O) groups is 1. The van der Waals surface area contributed by atoms with E-state index in [1.165, 1.54) is 6.07 Å². The molecule has 0 aliphatic heterocycles. The van der Waals surface area contributed by atoms with E-state index in [0.29, 0.717) is 17.0 Å². The molecule has 0 radical (unpaired) electrons. The molecule has 2 N–H and O–H groups in total. The molecule has 1 aromatic heterocycles. The van der Waals surface area contributed by atoms with Crippen molar-refractivity contribution in [3.8, 4) is 5.75 Å². The molecule has 1 aromatic carbocycles. The normalized spacial score (nSPS) is 10.2. The zero-order chi connectivity index (χ0) is 12.4. The number of hydrogen-bond acceptors (Lipinski definition) is 4. The minimum absolute atomic E-state index is 0.195. The zero-order valence-corrected chi connectivity index (χ0v) is 9.52. The summed E-state index contributed by atoms with van der Waals surface area (Å²) in [4.78, 5) is 11.7. The van der Waals surface area contributed by atoms with Crippen LogP contribution >= 0.6 is 0 Å². The summed E-state index contributed by atoms with van der Waals surface area (Å²) in [5.74, 6) is 0.434. The van der Waals surface area contributed by atoms with Crippen molar-refractivity contribution in [1.82, 2.24) is 5.16 Å². The van der Waals surface area contributed by atoms with Crippen LogP contribution in [-0.4, -0.2) is 16.2 Å². The first kappa shape index (κ1) is 11.2. The minimum atomic E-state index is -0.341. The molecule has 0 fully saturated rings. The second-order valence-corrected chi connectivity index (χ2v) is 3.78. The minimum Gasteiger partial charge on any atom is -0.508 e. The number of aromatic hydroxyl groups is 1. The van der Waals surface area contributed by atoms with E-state index in [2.05, 4.69) is 10.5 Å². The molecule has 2 aromatic rings. The van der Waals surface area contributed by atoms with Crippen LogP contribution in [0.25, 0.3) is 0 Å². The summed E-state index contributed by atoms with van der Waals surface area (Å²) < 4.78 is 4.82. The largest absolute Gasteiger partial charge is 0.508 e. The molecule has 17 heavy (non-hydrogen) atoms. The average molecular weight is 232 g/mol. The van der Waals surface area contributed by atoms with Gasteiger partial charge < -0.3 is 14.9 Å². The van der Waals surface area contributed by atoms with Gasteiger partial charge in [-0.05, 0) is 37.6 Å². The summed E-state index contributed by atoms with van der Waals surface area (Å²) in [5.41, 5.74) is 1.53. The van der Waals surface area contributed by atoms with Crippen LogP contribution in [0.1, 0.15) is 21.8 Å².